The van der Waals surface area contributed by atoms with E-state index in [4.69, 9.17) is 14.5 Å². The molecule has 0 amide bonds. The number of para-hydroxylation sites is 5. The minimum atomic E-state index is -0.238. The number of nitrogens with zero attached hydrogens (tertiary/aromatic N) is 4. The summed E-state index contributed by atoms with van der Waals surface area (Å²) in [6.07, 6.45) is 1.86. The highest BCUT2D eigenvalue weighted by Crippen LogP contribution is 2.43. The summed E-state index contributed by atoms with van der Waals surface area (Å²) < 4.78 is 10.5. The van der Waals surface area contributed by atoms with Gasteiger partial charge >= 0.3 is 0 Å². The van der Waals surface area contributed by atoms with Gasteiger partial charge in [0.1, 0.15) is 23.3 Å². The number of hydrogen-bond acceptors (Lipinski definition) is 4. The van der Waals surface area contributed by atoms with Crippen molar-refractivity contribution in [3.63, 3.8) is 0 Å². The fourth-order valence-corrected chi connectivity index (χ4v) is 5.32. The molecule has 7 aromatic rings. The number of hydrogen-bond donors (Lipinski definition) is 1. The molecule has 0 saturated carbocycles. The maximum Gasteiger partial charge on any atom is 0.156 e. The molecule has 4 aromatic carbocycles. The van der Waals surface area contributed by atoms with Gasteiger partial charge < -0.3 is 9.73 Å². The third-order valence-corrected chi connectivity index (χ3v) is 7.03. The molecule has 1 atom stereocenters. The Bertz CT molecular complexity index is 1900. The number of furan rings is 1. The van der Waals surface area contributed by atoms with Crippen LogP contribution in [0.15, 0.2) is 120 Å². The van der Waals surface area contributed by atoms with E-state index < -0.39 is 0 Å². The highest BCUT2D eigenvalue weighted by Gasteiger charge is 2.32. The third kappa shape index (κ3) is 3.06. The molecule has 37 heavy (non-hydrogen) atoms. The first-order valence-electron chi connectivity index (χ1n) is 12.3. The zero-order valence-corrected chi connectivity index (χ0v) is 19.7. The van der Waals surface area contributed by atoms with Crippen LogP contribution in [0.25, 0.3) is 50.5 Å². The van der Waals surface area contributed by atoms with Crippen molar-refractivity contribution in [1.82, 2.24) is 19.3 Å². The van der Waals surface area contributed by atoms with Gasteiger partial charge in [0.2, 0.25) is 0 Å². The van der Waals surface area contributed by atoms with Crippen LogP contribution in [0, 0.1) is 0 Å². The first-order chi connectivity index (χ1) is 18.3. The molecule has 4 heterocycles. The SMILES string of the molecule is c1ccc(-n2cc([C@@H]3Nc4ccccc4-c4nc5ccccc5n43)c(-c3cc4ccccc4o3)n2)cc1. The van der Waals surface area contributed by atoms with Gasteiger partial charge in [-0.2, -0.15) is 5.10 Å². The van der Waals surface area contributed by atoms with Gasteiger partial charge in [-0.25, -0.2) is 9.67 Å². The molecule has 3 aromatic heterocycles. The Morgan fingerprint density at radius 2 is 1.57 bits per heavy atom. The smallest absolute Gasteiger partial charge is 0.156 e. The minimum Gasteiger partial charge on any atom is -0.454 e. The highest BCUT2D eigenvalue weighted by atomic mass is 16.3. The predicted octanol–water partition coefficient (Wildman–Crippen LogP) is 7.27. The van der Waals surface area contributed by atoms with Crippen molar-refractivity contribution in [3.05, 3.63) is 121 Å². The zero-order chi connectivity index (χ0) is 24.3. The van der Waals surface area contributed by atoms with Gasteiger partial charge in [-0.15, -0.1) is 0 Å². The number of nitrogens with one attached hydrogen (secondary N) is 1. The zero-order valence-electron chi connectivity index (χ0n) is 19.7. The number of aromatic nitrogens is 4. The summed E-state index contributed by atoms with van der Waals surface area (Å²) in [5.74, 6) is 1.67. The molecule has 0 unspecified atom stereocenters. The molecular formula is C31H21N5O. The van der Waals surface area contributed by atoms with E-state index in [1.165, 1.54) is 0 Å². The summed E-state index contributed by atoms with van der Waals surface area (Å²) in [6, 6.07) is 36.9. The standard InChI is InChI=1S/C31H21N5O/c1-2-11-21(12-3-1)35-19-23(29(34-35)28-18-20-10-4-9-17-27(20)37-28)31-32-24-14-6-5-13-22(24)30-33-25-15-7-8-16-26(25)36(30)31/h1-19,31-32H/t31-/m1/s1. The fraction of sp³-hybridized carbons (Fsp3) is 0.0323. The van der Waals surface area contributed by atoms with Crippen LogP contribution in [-0.4, -0.2) is 19.3 Å². The van der Waals surface area contributed by atoms with E-state index in [0.717, 1.165) is 61.8 Å². The molecule has 0 saturated heterocycles. The summed E-state index contributed by atoms with van der Waals surface area (Å²) >= 11 is 0. The lowest BCUT2D eigenvalue weighted by Gasteiger charge is -2.29. The topological polar surface area (TPSA) is 60.8 Å². The Hall–Kier alpha value is -5.10. The quantitative estimate of drug-likeness (QED) is 0.289. The largest absolute Gasteiger partial charge is 0.454 e. The number of imidazole rings is 1. The molecule has 0 fully saturated rings. The lowest BCUT2D eigenvalue weighted by molar-refractivity contribution is 0.620. The second-order valence-corrected chi connectivity index (χ2v) is 9.25. The van der Waals surface area contributed by atoms with Gasteiger partial charge in [0.15, 0.2) is 5.76 Å². The third-order valence-electron chi connectivity index (χ3n) is 7.03. The van der Waals surface area contributed by atoms with E-state index in [2.05, 4.69) is 82.8 Å². The molecule has 0 spiro atoms. The molecular weight excluding hydrogens is 458 g/mol. The van der Waals surface area contributed by atoms with E-state index >= 15 is 0 Å². The van der Waals surface area contributed by atoms with Crippen LogP contribution in [0.2, 0.25) is 0 Å². The van der Waals surface area contributed by atoms with Crippen LogP contribution >= 0.6 is 0 Å². The van der Waals surface area contributed by atoms with Crippen molar-refractivity contribution in [2.24, 2.45) is 0 Å². The summed E-state index contributed by atoms with van der Waals surface area (Å²) in [7, 11) is 0. The monoisotopic (exact) mass is 479 g/mol. The van der Waals surface area contributed by atoms with Crippen LogP contribution in [0.3, 0.4) is 0 Å². The van der Waals surface area contributed by atoms with Crippen LogP contribution in [0.5, 0.6) is 0 Å². The maximum absolute atomic E-state index is 6.33. The number of anilines is 1. The van der Waals surface area contributed by atoms with Crippen molar-refractivity contribution < 1.29 is 4.42 Å². The molecule has 0 aliphatic carbocycles. The second-order valence-electron chi connectivity index (χ2n) is 9.25. The second kappa shape index (κ2) is 7.70. The first kappa shape index (κ1) is 20.1. The van der Waals surface area contributed by atoms with Crippen molar-refractivity contribution in [2.75, 3.05) is 5.32 Å². The number of rotatable bonds is 3. The first-order valence-corrected chi connectivity index (χ1v) is 12.3. The van der Waals surface area contributed by atoms with Gasteiger partial charge in [-0.3, -0.25) is 4.57 Å². The van der Waals surface area contributed by atoms with Gasteiger partial charge in [-0.1, -0.05) is 60.7 Å². The lowest BCUT2D eigenvalue weighted by Crippen LogP contribution is -2.25. The van der Waals surface area contributed by atoms with Crippen molar-refractivity contribution in [2.45, 2.75) is 6.17 Å². The lowest BCUT2D eigenvalue weighted by atomic mass is 10.1. The molecule has 8 rings (SSSR count). The van der Waals surface area contributed by atoms with E-state index in [9.17, 15) is 0 Å². The Morgan fingerprint density at radius 3 is 2.49 bits per heavy atom. The maximum atomic E-state index is 6.33. The Labute approximate surface area is 212 Å². The fourth-order valence-electron chi connectivity index (χ4n) is 5.32. The molecule has 1 aliphatic rings. The molecule has 176 valence electrons. The molecule has 6 nitrogen and oxygen atoms in total. The van der Waals surface area contributed by atoms with Crippen LogP contribution in [-0.2, 0) is 0 Å². The van der Waals surface area contributed by atoms with Crippen molar-refractivity contribution >= 4 is 27.7 Å². The number of benzene rings is 4. The highest BCUT2D eigenvalue weighted by molar-refractivity contribution is 5.88. The predicted molar refractivity (Wildman–Crippen MR) is 146 cm³/mol. The van der Waals surface area contributed by atoms with Gasteiger partial charge in [0, 0.05) is 28.4 Å². The molecule has 0 bridgehead atoms. The van der Waals surface area contributed by atoms with Crippen LogP contribution < -0.4 is 5.32 Å². The van der Waals surface area contributed by atoms with Gasteiger partial charge in [0.25, 0.3) is 0 Å². The summed E-state index contributed by atoms with van der Waals surface area (Å²) in [6.45, 7) is 0. The molecule has 1 aliphatic heterocycles. The summed E-state index contributed by atoms with van der Waals surface area (Å²) in [4.78, 5) is 5.04. The Morgan fingerprint density at radius 1 is 0.784 bits per heavy atom. The van der Waals surface area contributed by atoms with Crippen LogP contribution in [0.1, 0.15) is 11.7 Å². The molecule has 1 N–H and O–H groups in total. The van der Waals surface area contributed by atoms with E-state index in [0.29, 0.717) is 0 Å². The van der Waals surface area contributed by atoms with E-state index in [1.54, 1.807) is 0 Å². The average molecular weight is 480 g/mol. The summed E-state index contributed by atoms with van der Waals surface area (Å²) in [5, 5.41) is 9.90. The Balaban J connectivity index is 1.40. The van der Waals surface area contributed by atoms with Gasteiger partial charge in [0.05, 0.1) is 16.7 Å². The van der Waals surface area contributed by atoms with Crippen molar-refractivity contribution in [1.29, 1.82) is 0 Å². The normalized spacial score (nSPS) is 14.4. The molecule has 0 radical (unpaired) electrons. The van der Waals surface area contributed by atoms with E-state index in [-0.39, 0.29) is 6.17 Å². The molecule has 6 heteroatoms. The minimum absolute atomic E-state index is 0.238. The van der Waals surface area contributed by atoms with Gasteiger partial charge in [-0.05, 0) is 48.5 Å². The average Bonchev–Trinajstić information content (AvgIpc) is 3.68. The number of fused-ring (bicyclic) bond motifs is 6. The Kier molecular flexibility index (Phi) is 4.19. The summed E-state index contributed by atoms with van der Waals surface area (Å²) in [5.41, 5.74) is 7.76. The van der Waals surface area contributed by atoms with Crippen molar-refractivity contribution in [3.8, 4) is 28.5 Å². The van der Waals surface area contributed by atoms with Crippen LogP contribution in [0.4, 0.5) is 5.69 Å². The van der Waals surface area contributed by atoms with E-state index in [1.807, 2.05) is 47.1 Å².